The molecule has 0 atom stereocenters. The van der Waals surface area contributed by atoms with Gasteiger partial charge in [0.25, 0.3) is 5.91 Å². The number of carbonyl (C=O) groups excluding carboxylic acids is 1. The zero-order valence-electron chi connectivity index (χ0n) is 15.4. The Hall–Kier alpha value is -3.21. The summed E-state index contributed by atoms with van der Waals surface area (Å²) in [5, 5.41) is 6.06. The van der Waals surface area contributed by atoms with E-state index in [1.54, 1.807) is 0 Å². The van der Waals surface area contributed by atoms with Gasteiger partial charge in [-0.05, 0) is 62.6 Å². The fourth-order valence-electron chi connectivity index (χ4n) is 2.83. The van der Waals surface area contributed by atoms with Crippen molar-refractivity contribution in [1.29, 1.82) is 0 Å². The summed E-state index contributed by atoms with van der Waals surface area (Å²) in [6, 6.07) is 12.0. The van der Waals surface area contributed by atoms with Gasteiger partial charge < -0.3 is 10.6 Å². The molecule has 0 unspecified atom stereocenters. The lowest BCUT2D eigenvalue weighted by Gasteiger charge is -2.10. The Morgan fingerprint density at radius 2 is 1.50 bits per heavy atom. The lowest BCUT2D eigenvalue weighted by Crippen LogP contribution is -2.13. The Bertz CT molecular complexity index is 928. The second-order valence-corrected chi connectivity index (χ2v) is 6.57. The van der Waals surface area contributed by atoms with Crippen molar-refractivity contribution >= 4 is 23.2 Å². The molecule has 26 heavy (non-hydrogen) atoms. The number of aromatic nitrogens is 2. The van der Waals surface area contributed by atoms with Crippen molar-refractivity contribution in [1.82, 2.24) is 9.97 Å². The molecule has 0 radical (unpaired) electrons. The highest BCUT2D eigenvalue weighted by molar-refractivity contribution is 6.04. The van der Waals surface area contributed by atoms with E-state index < -0.39 is 0 Å². The minimum Gasteiger partial charge on any atom is -0.324 e. The van der Waals surface area contributed by atoms with E-state index in [2.05, 4.69) is 39.7 Å². The van der Waals surface area contributed by atoms with Gasteiger partial charge in [-0.2, -0.15) is 0 Å². The Labute approximate surface area is 153 Å². The second kappa shape index (κ2) is 7.35. The molecule has 1 amide bonds. The van der Waals surface area contributed by atoms with Gasteiger partial charge in [-0.3, -0.25) is 4.79 Å². The number of anilines is 3. The molecule has 132 valence electrons. The second-order valence-electron chi connectivity index (χ2n) is 6.57. The zero-order valence-corrected chi connectivity index (χ0v) is 15.4. The molecule has 0 fully saturated rings. The molecule has 5 nitrogen and oxygen atoms in total. The highest BCUT2D eigenvalue weighted by atomic mass is 16.1. The first-order chi connectivity index (χ1) is 12.4. The predicted octanol–water partition coefficient (Wildman–Crippen LogP) is 4.71. The highest BCUT2D eigenvalue weighted by Crippen LogP contribution is 2.19. The normalized spacial score (nSPS) is 10.5. The van der Waals surface area contributed by atoms with Crippen LogP contribution < -0.4 is 10.6 Å². The molecule has 0 saturated carbocycles. The van der Waals surface area contributed by atoms with Gasteiger partial charge in [0.15, 0.2) is 0 Å². The fraction of sp³-hybridized carbons (Fsp3) is 0.190. The molecule has 3 aromatic rings. The minimum atomic E-state index is -0.229. The molecule has 2 N–H and O–H groups in total. The summed E-state index contributed by atoms with van der Waals surface area (Å²) in [6.07, 6.45) is 3.05. The lowest BCUT2D eigenvalue weighted by atomic mass is 10.1. The molecular formula is C21H22N4O. The van der Waals surface area contributed by atoms with Gasteiger partial charge in [0.2, 0.25) is 5.95 Å². The van der Waals surface area contributed by atoms with E-state index >= 15 is 0 Å². The molecule has 0 aliphatic heterocycles. The van der Waals surface area contributed by atoms with Crippen LogP contribution in [-0.4, -0.2) is 15.9 Å². The van der Waals surface area contributed by atoms with E-state index in [-0.39, 0.29) is 5.91 Å². The van der Waals surface area contributed by atoms with Gasteiger partial charge in [0.1, 0.15) is 0 Å². The van der Waals surface area contributed by atoms with Crippen molar-refractivity contribution < 1.29 is 4.79 Å². The maximum atomic E-state index is 12.4. The van der Waals surface area contributed by atoms with Crippen molar-refractivity contribution in [3.63, 3.8) is 0 Å². The van der Waals surface area contributed by atoms with Crippen molar-refractivity contribution in [2.24, 2.45) is 0 Å². The van der Waals surface area contributed by atoms with Crippen LogP contribution >= 0.6 is 0 Å². The maximum absolute atomic E-state index is 12.4. The fourth-order valence-corrected chi connectivity index (χ4v) is 2.83. The largest absolute Gasteiger partial charge is 0.324 e. The van der Waals surface area contributed by atoms with Crippen molar-refractivity contribution in [2.75, 3.05) is 10.6 Å². The van der Waals surface area contributed by atoms with E-state index in [4.69, 9.17) is 0 Å². The van der Waals surface area contributed by atoms with Crippen molar-refractivity contribution in [3.8, 4) is 0 Å². The number of carbonyl (C=O) groups is 1. The highest BCUT2D eigenvalue weighted by Gasteiger charge is 2.09. The van der Waals surface area contributed by atoms with Crippen LogP contribution in [-0.2, 0) is 0 Å². The molecule has 0 spiro atoms. The summed E-state index contributed by atoms with van der Waals surface area (Å²) in [7, 11) is 0. The average Bonchev–Trinajstić information content (AvgIpc) is 2.57. The minimum absolute atomic E-state index is 0.229. The Morgan fingerprint density at radius 1 is 0.846 bits per heavy atom. The van der Waals surface area contributed by atoms with Crippen LogP contribution in [0.15, 0.2) is 48.8 Å². The Balaban J connectivity index is 1.71. The third kappa shape index (κ3) is 4.25. The maximum Gasteiger partial charge on any atom is 0.258 e. The molecule has 1 aromatic heterocycles. The van der Waals surface area contributed by atoms with Crippen LogP contribution in [0, 0.1) is 27.7 Å². The number of benzene rings is 2. The summed E-state index contributed by atoms with van der Waals surface area (Å²) in [5.74, 6) is 0.230. The topological polar surface area (TPSA) is 66.9 Å². The molecular weight excluding hydrogens is 324 g/mol. The van der Waals surface area contributed by atoms with Crippen LogP contribution in [0.3, 0.4) is 0 Å². The number of aryl methyl sites for hydroxylation is 4. The van der Waals surface area contributed by atoms with Crippen LogP contribution in [0.2, 0.25) is 0 Å². The van der Waals surface area contributed by atoms with Gasteiger partial charge in [-0.25, -0.2) is 9.97 Å². The molecule has 2 aromatic carbocycles. The quantitative estimate of drug-likeness (QED) is 0.718. The lowest BCUT2D eigenvalue weighted by molar-refractivity contribution is 0.102. The van der Waals surface area contributed by atoms with Gasteiger partial charge in [0.05, 0.1) is 5.56 Å². The van der Waals surface area contributed by atoms with Crippen molar-refractivity contribution in [2.45, 2.75) is 27.7 Å². The summed E-state index contributed by atoms with van der Waals surface area (Å²) < 4.78 is 0. The average molecular weight is 346 g/mol. The van der Waals surface area contributed by atoms with Crippen LogP contribution in [0.5, 0.6) is 0 Å². The smallest absolute Gasteiger partial charge is 0.258 e. The molecule has 1 heterocycles. The monoisotopic (exact) mass is 346 g/mol. The van der Waals surface area contributed by atoms with Crippen molar-refractivity contribution in [3.05, 3.63) is 76.6 Å². The third-order valence-corrected chi connectivity index (χ3v) is 4.02. The standard InChI is InChI=1S/C21H22N4O/c1-13-5-6-19(16(4)8-13)25-21-22-11-17(12-23-21)20(26)24-18-9-14(2)7-15(3)10-18/h5-12H,1-4H3,(H,24,26)(H,22,23,25). The predicted molar refractivity (Wildman–Crippen MR) is 105 cm³/mol. The first-order valence-corrected chi connectivity index (χ1v) is 8.47. The zero-order chi connectivity index (χ0) is 18.7. The number of rotatable bonds is 4. The SMILES string of the molecule is Cc1cc(C)cc(NC(=O)c2cnc(Nc3ccc(C)cc3C)nc2)c1. The summed E-state index contributed by atoms with van der Waals surface area (Å²) in [6.45, 7) is 8.08. The Kier molecular flexibility index (Phi) is 4.98. The molecule has 3 rings (SSSR count). The number of hydrogen-bond donors (Lipinski definition) is 2. The number of nitrogens with one attached hydrogen (secondary N) is 2. The summed E-state index contributed by atoms with van der Waals surface area (Å²) in [4.78, 5) is 20.9. The molecule has 0 aliphatic rings. The van der Waals surface area contributed by atoms with E-state index in [1.165, 1.54) is 18.0 Å². The van der Waals surface area contributed by atoms with Crippen LogP contribution in [0.4, 0.5) is 17.3 Å². The molecule has 0 aliphatic carbocycles. The van der Waals surface area contributed by atoms with Gasteiger partial charge in [0, 0.05) is 23.8 Å². The van der Waals surface area contributed by atoms with E-state index in [1.807, 2.05) is 45.0 Å². The summed E-state index contributed by atoms with van der Waals surface area (Å²) >= 11 is 0. The first-order valence-electron chi connectivity index (χ1n) is 8.47. The van der Waals surface area contributed by atoms with Gasteiger partial charge in [-0.15, -0.1) is 0 Å². The van der Waals surface area contributed by atoms with Crippen LogP contribution in [0.25, 0.3) is 0 Å². The van der Waals surface area contributed by atoms with Gasteiger partial charge in [-0.1, -0.05) is 23.8 Å². The Morgan fingerprint density at radius 3 is 2.12 bits per heavy atom. The molecule has 0 saturated heterocycles. The molecule has 5 heteroatoms. The summed E-state index contributed by atoms with van der Waals surface area (Å²) in [5.41, 5.74) is 6.65. The first kappa shape index (κ1) is 17.6. The third-order valence-electron chi connectivity index (χ3n) is 4.02. The van der Waals surface area contributed by atoms with Crippen LogP contribution in [0.1, 0.15) is 32.6 Å². The molecule has 0 bridgehead atoms. The van der Waals surface area contributed by atoms with E-state index in [0.29, 0.717) is 11.5 Å². The number of amides is 1. The van der Waals surface area contributed by atoms with E-state index in [0.717, 1.165) is 28.1 Å². The van der Waals surface area contributed by atoms with Gasteiger partial charge >= 0.3 is 0 Å². The van der Waals surface area contributed by atoms with E-state index in [9.17, 15) is 4.79 Å². The number of hydrogen-bond acceptors (Lipinski definition) is 4. The number of nitrogens with zero attached hydrogens (tertiary/aromatic N) is 2.